The minimum Gasteiger partial charge on any atom is -0.371 e. The Kier molecular flexibility index (Phi) is 5.88. The van der Waals surface area contributed by atoms with Gasteiger partial charge in [0.15, 0.2) is 5.82 Å². The first kappa shape index (κ1) is 18.8. The Labute approximate surface area is 150 Å². The molecule has 1 aliphatic heterocycles. The van der Waals surface area contributed by atoms with Crippen molar-refractivity contribution in [2.45, 2.75) is 32.0 Å². The number of allylic oxidation sites excluding steroid dienone is 2. The Morgan fingerprint density at radius 3 is 2.88 bits per heavy atom. The van der Waals surface area contributed by atoms with Gasteiger partial charge in [-0.1, -0.05) is 19.1 Å². The Hall–Kier alpha value is -1.99. The summed E-state index contributed by atoms with van der Waals surface area (Å²) in [7, 11) is 0. The van der Waals surface area contributed by atoms with E-state index in [4.69, 9.17) is 4.74 Å². The molecule has 0 spiro atoms. The van der Waals surface area contributed by atoms with Crippen LogP contribution in [0.3, 0.4) is 0 Å². The van der Waals surface area contributed by atoms with E-state index in [-0.39, 0.29) is 11.9 Å². The zero-order valence-corrected chi connectivity index (χ0v) is 14.6. The van der Waals surface area contributed by atoms with Crippen molar-refractivity contribution in [1.29, 1.82) is 0 Å². The summed E-state index contributed by atoms with van der Waals surface area (Å²) in [4.78, 5) is 8.32. The Bertz CT molecular complexity index is 719. The second-order valence-corrected chi connectivity index (χ2v) is 6.65. The molecule has 1 N–H and O–H groups in total. The van der Waals surface area contributed by atoms with Gasteiger partial charge in [-0.05, 0) is 42.5 Å². The summed E-state index contributed by atoms with van der Waals surface area (Å²) in [5, 5.41) is 3.30. The average molecular weight is 365 g/mol. The van der Waals surface area contributed by atoms with Crippen LogP contribution < -0.4 is 5.32 Å². The van der Waals surface area contributed by atoms with Crippen LogP contribution in [0.5, 0.6) is 0 Å². The van der Waals surface area contributed by atoms with Crippen molar-refractivity contribution in [2.24, 2.45) is 10.9 Å². The van der Waals surface area contributed by atoms with Gasteiger partial charge in [-0.25, -0.2) is 9.98 Å². The highest BCUT2D eigenvalue weighted by Gasteiger charge is 2.30. The molecule has 1 fully saturated rings. The summed E-state index contributed by atoms with van der Waals surface area (Å²) in [6.07, 6.45) is 4.29. The molecule has 2 atom stereocenters. The first-order valence-corrected chi connectivity index (χ1v) is 8.73. The number of nitrogens with zero attached hydrogens (tertiary/aromatic N) is 2. The van der Waals surface area contributed by atoms with E-state index in [0.29, 0.717) is 18.9 Å². The molecule has 0 radical (unpaired) electrons. The van der Waals surface area contributed by atoms with Gasteiger partial charge in [0.25, 0.3) is 0 Å². The van der Waals surface area contributed by atoms with Gasteiger partial charge in [0.05, 0.1) is 18.3 Å². The third-order valence-electron chi connectivity index (χ3n) is 4.41. The second kappa shape index (κ2) is 8.14. The molecule has 1 aromatic heterocycles. The van der Waals surface area contributed by atoms with Crippen LogP contribution >= 0.6 is 0 Å². The van der Waals surface area contributed by atoms with Crippen LogP contribution in [-0.2, 0) is 10.9 Å². The molecule has 2 aliphatic rings. The van der Waals surface area contributed by atoms with E-state index in [9.17, 15) is 13.2 Å². The predicted molar refractivity (Wildman–Crippen MR) is 94.6 cm³/mol. The van der Waals surface area contributed by atoms with E-state index in [1.165, 1.54) is 0 Å². The lowest BCUT2D eigenvalue weighted by Gasteiger charge is -2.26. The molecule has 0 bridgehead atoms. The van der Waals surface area contributed by atoms with Crippen LogP contribution in [0.2, 0.25) is 0 Å². The van der Waals surface area contributed by atoms with Crippen molar-refractivity contribution in [2.75, 3.05) is 19.7 Å². The maximum Gasteiger partial charge on any atom is 0.416 e. The predicted octanol–water partition coefficient (Wildman–Crippen LogP) is 4.07. The summed E-state index contributed by atoms with van der Waals surface area (Å²) in [5.41, 5.74) is 1.06. The number of alkyl halides is 3. The lowest BCUT2D eigenvalue weighted by atomic mass is 9.93. The maximum atomic E-state index is 12.9. The van der Waals surface area contributed by atoms with E-state index in [1.54, 1.807) is 0 Å². The minimum atomic E-state index is -4.40. The number of ether oxygens (including phenoxy) is 1. The second-order valence-electron chi connectivity index (χ2n) is 6.65. The summed E-state index contributed by atoms with van der Waals surface area (Å²) < 4.78 is 44.4. The number of pyridine rings is 1. The third kappa shape index (κ3) is 5.02. The first-order valence-electron chi connectivity index (χ1n) is 8.73. The van der Waals surface area contributed by atoms with E-state index >= 15 is 0 Å². The zero-order chi connectivity index (χ0) is 18.6. The highest BCUT2D eigenvalue weighted by atomic mass is 19.4. The molecule has 2 unspecified atom stereocenters. The van der Waals surface area contributed by atoms with Gasteiger partial charge in [-0.2, -0.15) is 13.2 Å². The van der Waals surface area contributed by atoms with Crippen molar-refractivity contribution < 1.29 is 17.9 Å². The molecular formula is C19H22F3N3O. The number of nitrogens with one attached hydrogen (secondary N) is 1. The van der Waals surface area contributed by atoms with Crippen LogP contribution in [0, 0.1) is 5.92 Å². The molecule has 1 aromatic rings. The quantitative estimate of drug-likeness (QED) is 0.859. The van der Waals surface area contributed by atoms with Gasteiger partial charge in [0, 0.05) is 25.0 Å². The third-order valence-corrected chi connectivity index (χ3v) is 4.41. The van der Waals surface area contributed by atoms with Crippen molar-refractivity contribution in [3.63, 3.8) is 0 Å². The Balaban J connectivity index is 1.84. The minimum absolute atomic E-state index is 0.00164. The summed E-state index contributed by atoms with van der Waals surface area (Å²) >= 11 is 0. The number of rotatable bonds is 2. The van der Waals surface area contributed by atoms with E-state index < -0.39 is 11.7 Å². The topological polar surface area (TPSA) is 46.5 Å². The molecule has 0 saturated carbocycles. The number of halogens is 3. The number of hydrogen-bond acceptors (Lipinski definition) is 4. The van der Waals surface area contributed by atoms with Crippen molar-refractivity contribution in [3.8, 4) is 0 Å². The molecule has 7 heteroatoms. The number of morpholine rings is 1. The average Bonchev–Trinajstić information content (AvgIpc) is 2.60. The normalized spacial score (nSPS) is 27.5. The fourth-order valence-corrected chi connectivity index (χ4v) is 3.01. The molecular weight excluding hydrogens is 343 g/mol. The zero-order valence-electron chi connectivity index (χ0n) is 14.6. The van der Waals surface area contributed by atoms with Crippen LogP contribution in [0.4, 0.5) is 19.0 Å². The van der Waals surface area contributed by atoms with Crippen molar-refractivity contribution in [1.82, 2.24) is 10.3 Å². The van der Waals surface area contributed by atoms with E-state index in [1.807, 2.05) is 12.2 Å². The van der Waals surface area contributed by atoms with Gasteiger partial charge in [-0.3, -0.25) is 0 Å². The van der Waals surface area contributed by atoms with Crippen LogP contribution in [0.1, 0.15) is 25.3 Å². The molecule has 0 aromatic carbocycles. The SMILES string of the molecule is CC1CC=C(C2CNCCO2)/C=C\C(=Nc2cc(C(F)(F)F)ccn2)C1. The summed E-state index contributed by atoms with van der Waals surface area (Å²) in [6.45, 7) is 4.37. The highest BCUT2D eigenvalue weighted by Crippen LogP contribution is 2.31. The summed E-state index contributed by atoms with van der Waals surface area (Å²) in [5.74, 6) is 0.407. The van der Waals surface area contributed by atoms with Gasteiger partial charge in [0.2, 0.25) is 0 Å². The fraction of sp³-hybridized carbons (Fsp3) is 0.474. The van der Waals surface area contributed by atoms with Crippen molar-refractivity contribution >= 4 is 11.5 Å². The molecule has 3 rings (SSSR count). The highest BCUT2D eigenvalue weighted by molar-refractivity contribution is 5.97. The van der Waals surface area contributed by atoms with Gasteiger partial charge < -0.3 is 10.1 Å². The fourth-order valence-electron chi connectivity index (χ4n) is 3.01. The molecule has 140 valence electrons. The summed E-state index contributed by atoms with van der Waals surface area (Å²) in [6, 6.07) is 1.93. The Morgan fingerprint density at radius 2 is 2.15 bits per heavy atom. The van der Waals surface area contributed by atoms with Crippen LogP contribution in [-0.4, -0.2) is 36.5 Å². The monoisotopic (exact) mass is 365 g/mol. The van der Waals surface area contributed by atoms with Crippen LogP contribution in [0.25, 0.3) is 0 Å². The smallest absolute Gasteiger partial charge is 0.371 e. The van der Waals surface area contributed by atoms with Gasteiger partial charge in [0.1, 0.15) is 0 Å². The largest absolute Gasteiger partial charge is 0.416 e. The lowest BCUT2D eigenvalue weighted by molar-refractivity contribution is -0.137. The molecule has 4 nitrogen and oxygen atoms in total. The molecule has 26 heavy (non-hydrogen) atoms. The first-order chi connectivity index (χ1) is 12.4. The van der Waals surface area contributed by atoms with Gasteiger partial charge >= 0.3 is 6.18 Å². The van der Waals surface area contributed by atoms with Gasteiger partial charge in [-0.15, -0.1) is 0 Å². The number of hydrogen-bond donors (Lipinski definition) is 1. The molecule has 0 amide bonds. The maximum absolute atomic E-state index is 12.9. The Morgan fingerprint density at radius 1 is 1.31 bits per heavy atom. The van der Waals surface area contributed by atoms with Crippen LogP contribution in [0.15, 0.2) is 47.1 Å². The standard InChI is InChI=1S/C19H22F3N3O/c1-13-2-3-14(17-12-23-8-9-26-17)4-5-16(10-13)25-18-11-15(6-7-24-18)19(20,21)22/h3-7,11,13,17,23H,2,8-10,12H2,1H3/b5-4-,14-3?,25-16?. The van der Waals surface area contributed by atoms with Crippen molar-refractivity contribution in [3.05, 3.63) is 47.7 Å². The van der Waals surface area contributed by atoms with E-state index in [2.05, 4.69) is 28.3 Å². The molecule has 2 heterocycles. The molecule has 1 aliphatic carbocycles. The number of aliphatic imine (C=N–C) groups is 1. The van der Waals surface area contributed by atoms with E-state index in [0.717, 1.165) is 49.1 Å². The lowest BCUT2D eigenvalue weighted by Crippen LogP contribution is -2.39. The molecule has 1 saturated heterocycles. The number of aromatic nitrogens is 1.